The van der Waals surface area contributed by atoms with Gasteiger partial charge in [-0.3, -0.25) is 14.8 Å². The SMILES string of the molecule is C[C@H](OC(=O)c1ccc2nccnc2c1)C(=O)NC1CCCCC1. The molecule has 1 amide bonds. The van der Waals surface area contributed by atoms with Crippen LogP contribution in [-0.4, -0.2) is 34.0 Å². The van der Waals surface area contributed by atoms with Crippen LogP contribution in [0.2, 0.25) is 0 Å². The summed E-state index contributed by atoms with van der Waals surface area (Å²) in [5.41, 5.74) is 1.68. The molecule has 2 aromatic rings. The van der Waals surface area contributed by atoms with Crippen LogP contribution < -0.4 is 5.32 Å². The van der Waals surface area contributed by atoms with Crippen LogP contribution in [0.1, 0.15) is 49.4 Å². The molecule has 0 bridgehead atoms. The third-order valence-electron chi connectivity index (χ3n) is 4.31. The second-order valence-corrected chi connectivity index (χ2v) is 6.15. The van der Waals surface area contributed by atoms with Crippen LogP contribution in [0.25, 0.3) is 11.0 Å². The second-order valence-electron chi connectivity index (χ2n) is 6.15. The molecule has 1 aromatic carbocycles. The first kappa shape index (κ1) is 16.4. The molecule has 6 nitrogen and oxygen atoms in total. The molecule has 126 valence electrons. The van der Waals surface area contributed by atoms with E-state index in [-0.39, 0.29) is 11.9 Å². The summed E-state index contributed by atoms with van der Waals surface area (Å²) in [6.07, 6.45) is 7.83. The number of carbonyl (C=O) groups is 2. The summed E-state index contributed by atoms with van der Waals surface area (Å²) in [5, 5.41) is 2.97. The van der Waals surface area contributed by atoms with Crippen molar-refractivity contribution in [1.29, 1.82) is 0 Å². The molecule has 1 atom stereocenters. The number of hydrogen-bond acceptors (Lipinski definition) is 5. The molecule has 0 saturated heterocycles. The van der Waals surface area contributed by atoms with Gasteiger partial charge in [0.1, 0.15) is 0 Å². The number of carbonyl (C=O) groups excluding carboxylic acids is 2. The van der Waals surface area contributed by atoms with E-state index in [1.807, 2.05) is 0 Å². The lowest BCUT2D eigenvalue weighted by Gasteiger charge is -2.24. The largest absolute Gasteiger partial charge is 0.449 e. The Labute approximate surface area is 140 Å². The average molecular weight is 327 g/mol. The Hall–Kier alpha value is -2.50. The molecule has 0 unspecified atom stereocenters. The second kappa shape index (κ2) is 7.38. The summed E-state index contributed by atoms with van der Waals surface area (Å²) < 4.78 is 5.29. The van der Waals surface area contributed by atoms with Gasteiger partial charge >= 0.3 is 5.97 Å². The van der Waals surface area contributed by atoms with E-state index < -0.39 is 12.1 Å². The fourth-order valence-corrected chi connectivity index (χ4v) is 2.94. The van der Waals surface area contributed by atoms with Crippen molar-refractivity contribution < 1.29 is 14.3 Å². The number of esters is 1. The third-order valence-corrected chi connectivity index (χ3v) is 4.31. The van der Waals surface area contributed by atoms with E-state index in [9.17, 15) is 9.59 Å². The lowest BCUT2D eigenvalue weighted by Crippen LogP contribution is -2.42. The van der Waals surface area contributed by atoms with Crippen LogP contribution in [-0.2, 0) is 9.53 Å². The van der Waals surface area contributed by atoms with Gasteiger partial charge in [0, 0.05) is 18.4 Å². The molecule has 1 saturated carbocycles. The predicted molar refractivity (Wildman–Crippen MR) is 89.4 cm³/mol. The summed E-state index contributed by atoms with van der Waals surface area (Å²) >= 11 is 0. The van der Waals surface area contributed by atoms with Gasteiger partial charge in [0.2, 0.25) is 0 Å². The molecule has 6 heteroatoms. The van der Waals surface area contributed by atoms with E-state index in [0.29, 0.717) is 16.6 Å². The topological polar surface area (TPSA) is 81.2 Å². The average Bonchev–Trinajstić information content (AvgIpc) is 2.62. The van der Waals surface area contributed by atoms with Crippen LogP contribution in [0.3, 0.4) is 0 Å². The Kier molecular flexibility index (Phi) is 5.03. The van der Waals surface area contributed by atoms with Gasteiger partial charge in [0.05, 0.1) is 16.6 Å². The maximum Gasteiger partial charge on any atom is 0.338 e. The van der Waals surface area contributed by atoms with Gasteiger partial charge in [-0.25, -0.2) is 4.79 Å². The number of ether oxygens (including phenoxy) is 1. The standard InChI is InChI=1S/C18H21N3O3/c1-12(17(22)21-14-5-3-2-4-6-14)24-18(23)13-7-8-15-16(11-13)20-10-9-19-15/h7-12,14H,2-6H2,1H3,(H,21,22)/t12-/m0/s1. The van der Waals surface area contributed by atoms with E-state index in [2.05, 4.69) is 15.3 Å². The first-order chi connectivity index (χ1) is 11.6. The molecule has 1 N–H and O–H groups in total. The highest BCUT2D eigenvalue weighted by Gasteiger charge is 2.23. The number of aromatic nitrogens is 2. The number of benzene rings is 1. The monoisotopic (exact) mass is 327 g/mol. The molecular formula is C18H21N3O3. The minimum absolute atomic E-state index is 0.198. The van der Waals surface area contributed by atoms with Crippen molar-refractivity contribution in [2.75, 3.05) is 0 Å². The van der Waals surface area contributed by atoms with Crippen LogP contribution in [0, 0.1) is 0 Å². The Morgan fingerprint density at radius 3 is 2.58 bits per heavy atom. The molecule has 1 heterocycles. The van der Waals surface area contributed by atoms with E-state index in [1.165, 1.54) is 6.42 Å². The summed E-state index contributed by atoms with van der Waals surface area (Å²) in [4.78, 5) is 32.7. The molecule has 1 fully saturated rings. The zero-order valence-electron chi connectivity index (χ0n) is 13.7. The van der Waals surface area contributed by atoms with E-state index >= 15 is 0 Å². The lowest BCUT2D eigenvalue weighted by atomic mass is 9.95. The Balaban J connectivity index is 1.60. The number of hydrogen-bond donors (Lipinski definition) is 1. The van der Waals surface area contributed by atoms with Crippen LogP contribution >= 0.6 is 0 Å². The summed E-state index contributed by atoms with van der Waals surface area (Å²) in [6, 6.07) is 5.16. The zero-order chi connectivity index (χ0) is 16.9. The van der Waals surface area contributed by atoms with Crippen molar-refractivity contribution in [3.05, 3.63) is 36.2 Å². The Morgan fingerprint density at radius 2 is 1.83 bits per heavy atom. The van der Waals surface area contributed by atoms with Crippen molar-refractivity contribution in [2.45, 2.75) is 51.2 Å². The zero-order valence-corrected chi connectivity index (χ0v) is 13.7. The maximum absolute atomic E-state index is 12.2. The van der Waals surface area contributed by atoms with E-state index in [0.717, 1.165) is 25.7 Å². The number of fused-ring (bicyclic) bond motifs is 1. The Morgan fingerprint density at radius 1 is 1.12 bits per heavy atom. The van der Waals surface area contributed by atoms with Crippen molar-refractivity contribution >= 4 is 22.9 Å². The van der Waals surface area contributed by atoms with Gasteiger partial charge in [-0.1, -0.05) is 19.3 Å². The van der Waals surface area contributed by atoms with Crippen molar-refractivity contribution in [3.8, 4) is 0 Å². The highest BCUT2D eigenvalue weighted by molar-refractivity contribution is 5.95. The molecule has 1 aliphatic carbocycles. The minimum Gasteiger partial charge on any atom is -0.449 e. The van der Waals surface area contributed by atoms with Gasteiger partial charge in [-0.2, -0.15) is 0 Å². The number of rotatable bonds is 4. The first-order valence-electron chi connectivity index (χ1n) is 8.35. The van der Waals surface area contributed by atoms with Crippen LogP contribution in [0.15, 0.2) is 30.6 Å². The molecule has 24 heavy (non-hydrogen) atoms. The van der Waals surface area contributed by atoms with Gasteiger partial charge in [0.15, 0.2) is 6.10 Å². The quantitative estimate of drug-likeness (QED) is 0.873. The fraction of sp³-hybridized carbons (Fsp3) is 0.444. The molecule has 0 radical (unpaired) electrons. The van der Waals surface area contributed by atoms with Gasteiger partial charge in [0.25, 0.3) is 5.91 Å². The van der Waals surface area contributed by atoms with Gasteiger partial charge in [-0.15, -0.1) is 0 Å². The van der Waals surface area contributed by atoms with Crippen LogP contribution in [0.5, 0.6) is 0 Å². The normalized spacial score (nSPS) is 16.5. The molecule has 0 aliphatic heterocycles. The third kappa shape index (κ3) is 3.88. The molecule has 0 spiro atoms. The molecule has 3 rings (SSSR count). The van der Waals surface area contributed by atoms with Gasteiger partial charge < -0.3 is 10.1 Å². The lowest BCUT2D eigenvalue weighted by molar-refractivity contribution is -0.130. The fourth-order valence-electron chi connectivity index (χ4n) is 2.94. The minimum atomic E-state index is -0.822. The van der Waals surface area contributed by atoms with Gasteiger partial charge in [-0.05, 0) is 38.0 Å². The highest BCUT2D eigenvalue weighted by Crippen LogP contribution is 2.18. The molecule has 1 aromatic heterocycles. The number of nitrogens with one attached hydrogen (secondary N) is 1. The summed E-state index contributed by atoms with van der Waals surface area (Å²) in [7, 11) is 0. The Bertz CT molecular complexity index is 741. The smallest absolute Gasteiger partial charge is 0.338 e. The molecule has 1 aliphatic rings. The summed E-state index contributed by atoms with van der Waals surface area (Å²) in [6.45, 7) is 1.59. The first-order valence-corrected chi connectivity index (χ1v) is 8.35. The molecular weight excluding hydrogens is 306 g/mol. The summed E-state index contributed by atoms with van der Waals surface area (Å²) in [5.74, 6) is -0.773. The van der Waals surface area contributed by atoms with Crippen molar-refractivity contribution in [2.24, 2.45) is 0 Å². The number of amides is 1. The predicted octanol–water partition coefficient (Wildman–Crippen LogP) is 2.62. The highest BCUT2D eigenvalue weighted by atomic mass is 16.5. The maximum atomic E-state index is 12.2. The van der Waals surface area contributed by atoms with Crippen LogP contribution in [0.4, 0.5) is 0 Å². The van der Waals surface area contributed by atoms with Crippen molar-refractivity contribution in [1.82, 2.24) is 15.3 Å². The van der Waals surface area contributed by atoms with Crippen molar-refractivity contribution in [3.63, 3.8) is 0 Å². The van der Waals surface area contributed by atoms with E-state index in [1.54, 1.807) is 37.5 Å². The van der Waals surface area contributed by atoms with E-state index in [4.69, 9.17) is 4.74 Å². The number of nitrogens with zero attached hydrogens (tertiary/aromatic N) is 2.